The van der Waals surface area contributed by atoms with Crippen LogP contribution in [0.1, 0.15) is 39.5 Å². The third kappa shape index (κ3) is 6.66. The lowest BCUT2D eigenvalue weighted by Gasteiger charge is -2.42. The topological polar surface area (TPSA) is 94.7 Å². The maximum absolute atomic E-state index is 12.9. The summed E-state index contributed by atoms with van der Waals surface area (Å²) in [5, 5.41) is 1.02. The molecule has 1 amide bonds. The average Bonchev–Trinajstić information content (AvgIpc) is 3.34. The van der Waals surface area contributed by atoms with Gasteiger partial charge in [-0.3, -0.25) is 14.6 Å². The molecule has 1 fully saturated rings. The Balaban J connectivity index is 1.64. The molecule has 0 saturated carbocycles. The van der Waals surface area contributed by atoms with Crippen molar-refractivity contribution in [3.63, 3.8) is 0 Å². The monoisotopic (exact) mass is 552 g/mol. The van der Waals surface area contributed by atoms with Crippen LogP contribution < -0.4 is 9.46 Å². The lowest BCUT2D eigenvalue weighted by Crippen LogP contribution is -2.48. The largest absolute Gasteiger partial charge is 0.496 e. The summed E-state index contributed by atoms with van der Waals surface area (Å²) in [6.45, 7) is 3.78. The number of amides is 1. The molecule has 3 aromatic rings. The predicted molar refractivity (Wildman–Crippen MR) is 139 cm³/mol. The summed E-state index contributed by atoms with van der Waals surface area (Å²) in [7, 11) is -2.10. The summed E-state index contributed by atoms with van der Waals surface area (Å²) in [6.07, 6.45) is -2.36. The standard InChI is InChI=1S/C26H31F3N4O4S/c1-17-14-23(37-2)21(20-8-10-30-24(17)20)15-33-13-12-32(11-9-26(27,28)29)16-22(33)18-4-6-19(7-5-18)25(34)31-38(3,35)36/h4-8,10,14,22,30H,9,11-13,15-16H2,1-3H3,(H,31,34)/t22-/m0/s1. The lowest BCUT2D eigenvalue weighted by molar-refractivity contribution is -0.139. The highest BCUT2D eigenvalue weighted by Gasteiger charge is 2.33. The molecule has 38 heavy (non-hydrogen) atoms. The quantitative estimate of drug-likeness (QED) is 0.439. The molecule has 0 unspecified atom stereocenters. The van der Waals surface area contributed by atoms with Gasteiger partial charge in [-0.25, -0.2) is 13.1 Å². The zero-order valence-electron chi connectivity index (χ0n) is 21.4. The maximum atomic E-state index is 12.9. The molecule has 206 valence electrons. The minimum atomic E-state index is -4.24. The molecule has 4 rings (SSSR count). The van der Waals surface area contributed by atoms with E-state index >= 15 is 0 Å². The number of nitrogens with zero attached hydrogens (tertiary/aromatic N) is 2. The van der Waals surface area contributed by atoms with Crippen LogP contribution in [0.3, 0.4) is 0 Å². The Kier molecular flexibility index (Phi) is 8.05. The smallest absolute Gasteiger partial charge is 0.390 e. The molecule has 1 aliphatic rings. The number of carbonyl (C=O) groups excluding carboxylic acids is 1. The molecular formula is C26H31F3N4O4S. The van der Waals surface area contributed by atoms with Gasteiger partial charge in [0, 0.05) is 67.0 Å². The molecule has 12 heteroatoms. The number of halogens is 3. The van der Waals surface area contributed by atoms with Crippen molar-refractivity contribution >= 4 is 26.8 Å². The number of benzene rings is 2. The number of nitrogens with one attached hydrogen (secondary N) is 2. The fraction of sp³-hybridized carbons (Fsp3) is 0.423. The Morgan fingerprint density at radius 2 is 1.89 bits per heavy atom. The molecule has 0 aliphatic carbocycles. The van der Waals surface area contributed by atoms with E-state index in [0.29, 0.717) is 26.2 Å². The summed E-state index contributed by atoms with van der Waals surface area (Å²) in [5.41, 5.74) is 4.01. The van der Waals surface area contributed by atoms with Gasteiger partial charge in [0.05, 0.1) is 19.8 Å². The molecule has 0 radical (unpaired) electrons. The fourth-order valence-electron chi connectivity index (χ4n) is 4.94. The number of ether oxygens (including phenoxy) is 1. The summed E-state index contributed by atoms with van der Waals surface area (Å²) >= 11 is 0. The van der Waals surface area contributed by atoms with E-state index in [1.54, 1.807) is 24.1 Å². The molecule has 2 N–H and O–H groups in total. The number of aryl methyl sites for hydroxylation is 1. The maximum Gasteiger partial charge on any atom is 0.390 e. The van der Waals surface area contributed by atoms with E-state index in [-0.39, 0.29) is 18.2 Å². The minimum Gasteiger partial charge on any atom is -0.496 e. The normalized spacial score (nSPS) is 17.6. The number of aromatic nitrogens is 1. The van der Waals surface area contributed by atoms with E-state index in [1.165, 1.54) is 12.1 Å². The van der Waals surface area contributed by atoms with E-state index in [0.717, 1.165) is 39.6 Å². The van der Waals surface area contributed by atoms with Crippen molar-refractivity contribution in [2.45, 2.75) is 32.1 Å². The number of alkyl halides is 3. The number of fused-ring (bicyclic) bond motifs is 1. The molecule has 2 aromatic carbocycles. The lowest BCUT2D eigenvalue weighted by atomic mass is 9.98. The zero-order chi connectivity index (χ0) is 27.7. The van der Waals surface area contributed by atoms with Gasteiger partial charge in [-0.05, 0) is 42.3 Å². The van der Waals surface area contributed by atoms with Crippen LogP contribution in [0.15, 0.2) is 42.6 Å². The molecular weight excluding hydrogens is 521 g/mol. The van der Waals surface area contributed by atoms with Crippen molar-refractivity contribution in [2.75, 3.05) is 39.5 Å². The first kappa shape index (κ1) is 27.9. The second-order valence-electron chi connectivity index (χ2n) is 9.62. The van der Waals surface area contributed by atoms with Crippen LogP contribution in [0.2, 0.25) is 0 Å². The Morgan fingerprint density at radius 1 is 1.18 bits per heavy atom. The second-order valence-corrected chi connectivity index (χ2v) is 11.4. The first-order valence-electron chi connectivity index (χ1n) is 12.1. The van der Waals surface area contributed by atoms with Crippen molar-refractivity contribution in [2.24, 2.45) is 0 Å². The number of aromatic amines is 1. The Morgan fingerprint density at radius 3 is 2.53 bits per heavy atom. The summed E-state index contributed by atoms with van der Waals surface area (Å²) in [4.78, 5) is 19.5. The van der Waals surface area contributed by atoms with Gasteiger partial charge < -0.3 is 9.72 Å². The van der Waals surface area contributed by atoms with Gasteiger partial charge >= 0.3 is 6.18 Å². The van der Waals surface area contributed by atoms with Crippen LogP contribution in [0, 0.1) is 6.92 Å². The van der Waals surface area contributed by atoms with Gasteiger partial charge in [-0.15, -0.1) is 0 Å². The van der Waals surface area contributed by atoms with Crippen molar-refractivity contribution in [3.05, 3.63) is 64.8 Å². The van der Waals surface area contributed by atoms with Gasteiger partial charge in [0.25, 0.3) is 5.91 Å². The molecule has 2 heterocycles. The highest BCUT2D eigenvalue weighted by atomic mass is 32.2. The molecule has 1 aromatic heterocycles. The number of methoxy groups -OCH3 is 1. The van der Waals surface area contributed by atoms with E-state index in [1.807, 2.05) is 30.0 Å². The fourth-order valence-corrected chi connectivity index (χ4v) is 5.39. The van der Waals surface area contributed by atoms with Gasteiger partial charge in [-0.2, -0.15) is 13.2 Å². The van der Waals surface area contributed by atoms with Crippen LogP contribution in [0.4, 0.5) is 13.2 Å². The van der Waals surface area contributed by atoms with Crippen LogP contribution in [-0.4, -0.2) is 74.8 Å². The number of hydrogen-bond donors (Lipinski definition) is 2. The molecule has 1 aliphatic heterocycles. The SMILES string of the molecule is COc1cc(C)c2[nH]ccc2c1CN1CCN(CCC(F)(F)F)C[C@H]1c1ccc(C(=O)NS(C)(=O)=O)cc1. The van der Waals surface area contributed by atoms with Crippen LogP contribution in [0.5, 0.6) is 5.75 Å². The molecule has 0 spiro atoms. The van der Waals surface area contributed by atoms with Crippen molar-refractivity contribution in [1.29, 1.82) is 0 Å². The van der Waals surface area contributed by atoms with Crippen LogP contribution in [0.25, 0.3) is 10.9 Å². The molecule has 1 atom stereocenters. The number of carbonyl (C=O) groups is 1. The summed E-state index contributed by atoms with van der Waals surface area (Å²) in [6, 6.07) is 10.2. The number of hydrogen-bond acceptors (Lipinski definition) is 6. The first-order chi connectivity index (χ1) is 17.8. The van der Waals surface area contributed by atoms with Crippen molar-refractivity contribution in [3.8, 4) is 5.75 Å². The van der Waals surface area contributed by atoms with Gasteiger partial charge in [0.1, 0.15) is 5.75 Å². The van der Waals surface area contributed by atoms with Crippen LogP contribution >= 0.6 is 0 Å². The molecule has 0 bridgehead atoms. The average molecular weight is 553 g/mol. The Labute approximate surface area is 219 Å². The van der Waals surface area contributed by atoms with E-state index in [4.69, 9.17) is 4.74 Å². The number of rotatable bonds is 8. The zero-order valence-corrected chi connectivity index (χ0v) is 22.2. The highest BCUT2D eigenvalue weighted by Crippen LogP contribution is 2.35. The summed E-state index contributed by atoms with van der Waals surface area (Å²) in [5.74, 6) is -0.00811. The second kappa shape index (κ2) is 11.0. The highest BCUT2D eigenvalue weighted by molar-refractivity contribution is 7.89. The number of H-pyrrole nitrogens is 1. The summed E-state index contributed by atoms with van der Waals surface area (Å²) < 4.78 is 69.3. The van der Waals surface area contributed by atoms with Crippen molar-refractivity contribution in [1.82, 2.24) is 19.5 Å². The molecule has 1 saturated heterocycles. The van der Waals surface area contributed by atoms with E-state index < -0.39 is 28.5 Å². The number of piperazine rings is 1. The van der Waals surface area contributed by atoms with Gasteiger partial charge in [0.2, 0.25) is 10.0 Å². The Bertz CT molecular complexity index is 1400. The third-order valence-corrected chi connectivity index (χ3v) is 7.37. The van der Waals surface area contributed by atoms with E-state index in [9.17, 15) is 26.4 Å². The Hall–Kier alpha value is -3.09. The van der Waals surface area contributed by atoms with E-state index in [2.05, 4.69) is 9.88 Å². The van der Waals surface area contributed by atoms with Gasteiger partial charge in [-0.1, -0.05) is 12.1 Å². The van der Waals surface area contributed by atoms with Crippen LogP contribution in [-0.2, 0) is 16.6 Å². The number of sulfonamides is 1. The first-order valence-corrected chi connectivity index (χ1v) is 14.0. The van der Waals surface area contributed by atoms with Crippen molar-refractivity contribution < 1.29 is 31.1 Å². The molecule has 8 nitrogen and oxygen atoms in total. The third-order valence-electron chi connectivity index (χ3n) is 6.82. The predicted octanol–water partition coefficient (Wildman–Crippen LogP) is 3.99. The van der Waals surface area contributed by atoms with Gasteiger partial charge in [0.15, 0.2) is 0 Å². The minimum absolute atomic E-state index is 0.0986.